The van der Waals surface area contributed by atoms with Gasteiger partial charge in [-0.25, -0.2) is 4.39 Å². The number of rotatable bonds is 3. The lowest BCUT2D eigenvalue weighted by atomic mass is 9.91. The lowest BCUT2D eigenvalue weighted by Gasteiger charge is -2.25. The zero-order valence-corrected chi connectivity index (χ0v) is 11.1. The summed E-state index contributed by atoms with van der Waals surface area (Å²) in [6.45, 7) is 0.698. The molecule has 0 amide bonds. The van der Waals surface area contributed by atoms with Gasteiger partial charge in [-0.1, -0.05) is 42.5 Å². The Bertz CT molecular complexity index is 638. The Morgan fingerprint density at radius 2 is 1.80 bits per heavy atom. The summed E-state index contributed by atoms with van der Waals surface area (Å²) in [5.41, 5.74) is 2.92. The molecule has 1 N–H and O–H groups in total. The van der Waals surface area contributed by atoms with Crippen LogP contribution >= 0.6 is 0 Å². The monoisotopic (exact) mass is 269 g/mol. The lowest BCUT2D eigenvalue weighted by molar-refractivity contribution is -0.120. The third kappa shape index (κ3) is 2.63. The Labute approximate surface area is 117 Å². The van der Waals surface area contributed by atoms with Gasteiger partial charge < -0.3 is 5.32 Å². The van der Waals surface area contributed by atoms with Crippen LogP contribution in [0, 0.1) is 5.82 Å². The average molecular weight is 269 g/mol. The quantitative estimate of drug-likeness (QED) is 0.928. The van der Waals surface area contributed by atoms with E-state index in [-0.39, 0.29) is 24.1 Å². The van der Waals surface area contributed by atoms with Crippen LogP contribution in [0.1, 0.15) is 16.7 Å². The average Bonchev–Trinajstić information content (AvgIpc) is 2.49. The normalized spacial score (nSPS) is 17.6. The smallest absolute Gasteiger partial charge is 0.154 e. The first kappa shape index (κ1) is 13.0. The summed E-state index contributed by atoms with van der Waals surface area (Å²) in [6, 6.07) is 14.4. The van der Waals surface area contributed by atoms with Crippen LogP contribution in [0.2, 0.25) is 0 Å². The fourth-order valence-electron chi connectivity index (χ4n) is 2.63. The summed E-state index contributed by atoms with van der Waals surface area (Å²) >= 11 is 0. The minimum Gasteiger partial charge on any atom is -0.303 e. The molecule has 0 fully saturated rings. The predicted molar refractivity (Wildman–Crippen MR) is 75.9 cm³/mol. The molecule has 0 saturated carbocycles. The van der Waals surface area contributed by atoms with Crippen molar-refractivity contribution in [3.8, 4) is 0 Å². The molecule has 2 aromatic carbocycles. The number of benzene rings is 2. The third-order valence-corrected chi connectivity index (χ3v) is 3.79. The molecule has 0 bridgehead atoms. The van der Waals surface area contributed by atoms with Crippen molar-refractivity contribution in [3.63, 3.8) is 0 Å². The van der Waals surface area contributed by atoms with Gasteiger partial charge in [-0.2, -0.15) is 0 Å². The molecule has 2 nitrogen and oxygen atoms in total. The van der Waals surface area contributed by atoms with Gasteiger partial charge in [-0.3, -0.25) is 4.79 Å². The van der Waals surface area contributed by atoms with E-state index in [4.69, 9.17) is 0 Å². The van der Waals surface area contributed by atoms with Gasteiger partial charge in [0.15, 0.2) is 5.78 Å². The van der Waals surface area contributed by atoms with Gasteiger partial charge >= 0.3 is 0 Å². The molecule has 3 rings (SSSR count). The molecule has 3 heteroatoms. The van der Waals surface area contributed by atoms with Crippen molar-refractivity contribution >= 4 is 5.78 Å². The highest BCUT2D eigenvalue weighted by Crippen LogP contribution is 2.18. The van der Waals surface area contributed by atoms with Crippen LogP contribution in [0.5, 0.6) is 0 Å². The van der Waals surface area contributed by atoms with Gasteiger partial charge in [-0.15, -0.1) is 0 Å². The summed E-state index contributed by atoms with van der Waals surface area (Å²) in [5, 5.41) is 3.24. The van der Waals surface area contributed by atoms with Gasteiger partial charge in [-0.05, 0) is 29.2 Å². The van der Waals surface area contributed by atoms with E-state index in [1.54, 1.807) is 18.2 Å². The number of ketones is 1. The summed E-state index contributed by atoms with van der Waals surface area (Å²) < 4.78 is 13.6. The van der Waals surface area contributed by atoms with Crippen molar-refractivity contribution in [2.75, 3.05) is 0 Å². The fraction of sp³-hybridized carbons (Fsp3) is 0.235. The Morgan fingerprint density at radius 1 is 1.10 bits per heavy atom. The van der Waals surface area contributed by atoms with E-state index in [1.165, 1.54) is 17.2 Å². The highest BCUT2D eigenvalue weighted by atomic mass is 19.1. The molecule has 0 spiro atoms. The maximum absolute atomic E-state index is 13.6. The number of carbonyl (C=O) groups excluding carboxylic acids is 1. The minimum absolute atomic E-state index is 0.0459. The second-order valence-corrected chi connectivity index (χ2v) is 5.14. The van der Waals surface area contributed by atoms with Crippen molar-refractivity contribution < 1.29 is 9.18 Å². The number of nitrogens with one attached hydrogen (secondary N) is 1. The Kier molecular flexibility index (Phi) is 3.61. The maximum atomic E-state index is 13.6. The first-order valence-corrected chi connectivity index (χ1v) is 6.80. The molecule has 0 aromatic heterocycles. The number of Topliss-reactive ketones (excluding diaryl/α,β-unsaturated/α-hetero) is 1. The van der Waals surface area contributed by atoms with Crippen molar-refractivity contribution in [2.24, 2.45) is 0 Å². The van der Waals surface area contributed by atoms with Gasteiger partial charge in [0.2, 0.25) is 0 Å². The third-order valence-electron chi connectivity index (χ3n) is 3.79. The Morgan fingerprint density at radius 3 is 2.60 bits per heavy atom. The van der Waals surface area contributed by atoms with Crippen molar-refractivity contribution in [3.05, 3.63) is 71.0 Å². The number of halogens is 1. The highest BCUT2D eigenvalue weighted by molar-refractivity contribution is 5.86. The molecule has 1 aliphatic rings. The zero-order valence-electron chi connectivity index (χ0n) is 11.1. The van der Waals surface area contributed by atoms with Crippen LogP contribution in [-0.4, -0.2) is 11.8 Å². The topological polar surface area (TPSA) is 29.1 Å². The molecule has 20 heavy (non-hydrogen) atoms. The number of hydrogen-bond donors (Lipinski definition) is 1. The molecule has 1 atom stereocenters. The first-order valence-electron chi connectivity index (χ1n) is 6.80. The molecule has 0 aliphatic carbocycles. The maximum Gasteiger partial charge on any atom is 0.154 e. The fourth-order valence-corrected chi connectivity index (χ4v) is 2.63. The molecule has 1 aliphatic heterocycles. The molecule has 1 unspecified atom stereocenters. The summed E-state index contributed by atoms with van der Waals surface area (Å²) in [7, 11) is 0. The Hall–Kier alpha value is -2.00. The Balaban J connectivity index is 1.72. The van der Waals surface area contributed by atoms with E-state index in [9.17, 15) is 9.18 Å². The number of fused-ring (bicyclic) bond motifs is 1. The first-order chi connectivity index (χ1) is 9.74. The zero-order chi connectivity index (χ0) is 13.9. The molecule has 2 aromatic rings. The van der Waals surface area contributed by atoms with E-state index < -0.39 is 0 Å². The molecule has 1 heterocycles. The molecular formula is C17H16FNO. The van der Waals surface area contributed by atoms with E-state index in [2.05, 4.69) is 17.4 Å². The van der Waals surface area contributed by atoms with Crippen LogP contribution in [-0.2, 0) is 24.2 Å². The number of carbonyl (C=O) groups is 1. The minimum atomic E-state index is -0.308. The summed E-state index contributed by atoms with van der Waals surface area (Å²) in [5.74, 6) is -0.262. The molecule has 0 saturated heterocycles. The van der Waals surface area contributed by atoms with Crippen LogP contribution < -0.4 is 5.32 Å². The van der Waals surface area contributed by atoms with Gasteiger partial charge in [0.1, 0.15) is 5.82 Å². The summed E-state index contributed by atoms with van der Waals surface area (Å²) in [4.78, 5) is 12.3. The van der Waals surface area contributed by atoms with Crippen molar-refractivity contribution in [2.45, 2.75) is 25.4 Å². The van der Waals surface area contributed by atoms with E-state index in [0.717, 1.165) is 0 Å². The van der Waals surface area contributed by atoms with E-state index in [1.807, 2.05) is 12.1 Å². The summed E-state index contributed by atoms with van der Waals surface area (Å²) in [6.07, 6.45) is 0.829. The van der Waals surface area contributed by atoms with Crippen LogP contribution in [0.4, 0.5) is 4.39 Å². The standard InChI is InChI=1S/C17H16FNO/c18-15-8-4-3-6-13(15)10-17(20)16-9-12-5-1-2-7-14(12)11-19-16/h1-8,16,19H,9-11H2. The number of hydrogen-bond acceptors (Lipinski definition) is 2. The van der Waals surface area contributed by atoms with Gasteiger partial charge in [0.25, 0.3) is 0 Å². The molecular weight excluding hydrogens is 253 g/mol. The van der Waals surface area contributed by atoms with Crippen LogP contribution in [0.25, 0.3) is 0 Å². The van der Waals surface area contributed by atoms with Gasteiger partial charge in [0, 0.05) is 13.0 Å². The largest absolute Gasteiger partial charge is 0.303 e. The predicted octanol–water partition coefficient (Wildman–Crippen LogP) is 2.65. The molecule has 102 valence electrons. The van der Waals surface area contributed by atoms with Gasteiger partial charge in [0.05, 0.1) is 6.04 Å². The van der Waals surface area contributed by atoms with E-state index in [0.29, 0.717) is 18.5 Å². The lowest BCUT2D eigenvalue weighted by Crippen LogP contribution is -2.42. The van der Waals surface area contributed by atoms with Crippen molar-refractivity contribution in [1.82, 2.24) is 5.32 Å². The second-order valence-electron chi connectivity index (χ2n) is 5.14. The molecule has 0 radical (unpaired) electrons. The highest BCUT2D eigenvalue weighted by Gasteiger charge is 2.24. The second kappa shape index (κ2) is 5.55. The van der Waals surface area contributed by atoms with E-state index >= 15 is 0 Å². The van der Waals surface area contributed by atoms with Crippen LogP contribution in [0.15, 0.2) is 48.5 Å². The SMILES string of the molecule is O=C(Cc1ccccc1F)C1Cc2ccccc2CN1. The van der Waals surface area contributed by atoms with Crippen LogP contribution in [0.3, 0.4) is 0 Å². The van der Waals surface area contributed by atoms with Crippen molar-refractivity contribution in [1.29, 1.82) is 0 Å².